The number of carboxylic acid groups (broad SMARTS) is 1. The highest BCUT2D eigenvalue weighted by Crippen LogP contribution is 2.33. The van der Waals surface area contributed by atoms with Gasteiger partial charge in [0.1, 0.15) is 0 Å². The molecule has 0 aliphatic carbocycles. The summed E-state index contributed by atoms with van der Waals surface area (Å²) in [5.74, 6) is -1.08. The Morgan fingerprint density at radius 3 is 2.73 bits per heavy atom. The minimum atomic E-state index is -4.42. The summed E-state index contributed by atoms with van der Waals surface area (Å²) in [6.45, 7) is 2.20. The van der Waals surface area contributed by atoms with Crippen molar-refractivity contribution in [2.24, 2.45) is 5.41 Å². The molecule has 1 aromatic heterocycles. The number of fused-ring (bicyclic) bond motifs is 1. The van der Waals surface area contributed by atoms with Crippen LogP contribution in [0.4, 0.5) is 13.2 Å². The molecule has 1 amide bonds. The van der Waals surface area contributed by atoms with Crippen molar-refractivity contribution in [1.29, 1.82) is 0 Å². The Kier molecular flexibility index (Phi) is 4.68. The minimum absolute atomic E-state index is 0.154. The number of amides is 1. The van der Waals surface area contributed by atoms with Crippen LogP contribution in [-0.2, 0) is 22.2 Å². The van der Waals surface area contributed by atoms with Crippen molar-refractivity contribution in [2.45, 2.75) is 32.4 Å². The van der Waals surface area contributed by atoms with E-state index in [1.807, 2.05) is 0 Å². The molecule has 1 aliphatic heterocycles. The number of halogens is 3. The number of hydrogen-bond acceptors (Lipinski definition) is 4. The Bertz CT molecular complexity index is 865. The molecule has 26 heavy (non-hydrogen) atoms. The van der Waals surface area contributed by atoms with Crippen LogP contribution >= 0.6 is 11.3 Å². The first kappa shape index (κ1) is 18.6. The molecule has 0 unspecified atom stereocenters. The highest BCUT2D eigenvalue weighted by molar-refractivity contribution is 7.18. The first-order chi connectivity index (χ1) is 12.1. The second-order valence-corrected chi connectivity index (χ2v) is 7.83. The SMILES string of the molecule is C[C@]1(C(=O)O)CCN(C(=O)CCc2nc3cc(C(F)(F)F)ccc3s2)C1. The van der Waals surface area contributed by atoms with Crippen LogP contribution in [-0.4, -0.2) is 40.0 Å². The maximum atomic E-state index is 12.8. The zero-order chi connectivity index (χ0) is 19.1. The van der Waals surface area contributed by atoms with Crippen LogP contribution in [0, 0.1) is 5.41 Å². The average Bonchev–Trinajstić information content (AvgIpc) is 3.15. The summed E-state index contributed by atoms with van der Waals surface area (Å²) < 4.78 is 38.9. The fourth-order valence-corrected chi connectivity index (χ4v) is 3.93. The summed E-state index contributed by atoms with van der Waals surface area (Å²) >= 11 is 1.26. The van der Waals surface area contributed by atoms with Crippen LogP contribution in [0.25, 0.3) is 10.2 Å². The average molecular weight is 386 g/mol. The van der Waals surface area contributed by atoms with E-state index in [2.05, 4.69) is 4.98 Å². The third-order valence-corrected chi connectivity index (χ3v) is 5.75. The lowest BCUT2D eigenvalue weighted by Crippen LogP contribution is -2.34. The van der Waals surface area contributed by atoms with Crippen LogP contribution in [0.1, 0.15) is 30.3 Å². The van der Waals surface area contributed by atoms with E-state index < -0.39 is 23.1 Å². The largest absolute Gasteiger partial charge is 0.481 e. The van der Waals surface area contributed by atoms with Gasteiger partial charge in [-0.05, 0) is 31.5 Å². The summed E-state index contributed by atoms with van der Waals surface area (Å²) in [5.41, 5.74) is -1.39. The molecule has 0 spiro atoms. The van der Waals surface area contributed by atoms with Crippen molar-refractivity contribution >= 4 is 33.4 Å². The van der Waals surface area contributed by atoms with Crippen molar-refractivity contribution in [1.82, 2.24) is 9.88 Å². The molecular weight excluding hydrogens is 369 g/mol. The predicted octanol–water partition coefficient (Wildman–Crippen LogP) is 3.57. The summed E-state index contributed by atoms with van der Waals surface area (Å²) in [5, 5.41) is 9.80. The van der Waals surface area contributed by atoms with E-state index in [1.54, 1.807) is 6.92 Å². The number of alkyl halides is 3. The zero-order valence-electron chi connectivity index (χ0n) is 14.0. The number of rotatable bonds is 4. The van der Waals surface area contributed by atoms with Gasteiger partial charge < -0.3 is 10.0 Å². The number of aromatic nitrogens is 1. The Morgan fingerprint density at radius 1 is 1.38 bits per heavy atom. The quantitative estimate of drug-likeness (QED) is 0.872. The molecule has 1 fully saturated rings. The molecule has 5 nitrogen and oxygen atoms in total. The number of hydrogen-bond donors (Lipinski definition) is 1. The van der Waals surface area contributed by atoms with Gasteiger partial charge >= 0.3 is 12.1 Å². The molecule has 0 radical (unpaired) electrons. The van der Waals surface area contributed by atoms with Crippen molar-refractivity contribution in [3.8, 4) is 0 Å². The monoisotopic (exact) mass is 386 g/mol. The molecule has 1 atom stereocenters. The number of carbonyl (C=O) groups is 2. The third-order valence-electron chi connectivity index (χ3n) is 4.65. The van der Waals surface area contributed by atoms with Gasteiger partial charge in [0, 0.05) is 25.9 Å². The number of aryl methyl sites for hydroxylation is 1. The third kappa shape index (κ3) is 3.67. The number of aliphatic carboxylic acids is 1. The van der Waals surface area contributed by atoms with Gasteiger partial charge in [-0.15, -0.1) is 11.3 Å². The molecule has 1 N–H and O–H groups in total. The van der Waals surface area contributed by atoms with E-state index in [1.165, 1.54) is 22.3 Å². The number of benzene rings is 1. The van der Waals surface area contributed by atoms with E-state index in [0.29, 0.717) is 29.1 Å². The first-order valence-electron chi connectivity index (χ1n) is 8.06. The minimum Gasteiger partial charge on any atom is -0.481 e. The number of nitrogens with zero attached hydrogens (tertiary/aromatic N) is 2. The Hall–Kier alpha value is -2.16. The summed E-state index contributed by atoms with van der Waals surface area (Å²) in [4.78, 5) is 29.3. The van der Waals surface area contributed by atoms with Crippen LogP contribution in [0.3, 0.4) is 0 Å². The highest BCUT2D eigenvalue weighted by Gasteiger charge is 2.41. The fourth-order valence-electron chi connectivity index (χ4n) is 2.98. The van der Waals surface area contributed by atoms with Gasteiger partial charge in [-0.1, -0.05) is 0 Å². The second-order valence-electron chi connectivity index (χ2n) is 6.72. The van der Waals surface area contributed by atoms with E-state index in [-0.39, 0.29) is 24.4 Å². The fraction of sp³-hybridized carbons (Fsp3) is 0.471. The van der Waals surface area contributed by atoms with Crippen molar-refractivity contribution < 1.29 is 27.9 Å². The van der Waals surface area contributed by atoms with Crippen molar-refractivity contribution in [3.63, 3.8) is 0 Å². The number of thiazole rings is 1. The molecule has 2 aromatic rings. The molecule has 9 heteroatoms. The Balaban J connectivity index is 1.65. The topological polar surface area (TPSA) is 70.5 Å². The Labute approximate surface area is 151 Å². The van der Waals surface area contributed by atoms with Gasteiger partial charge in [-0.3, -0.25) is 9.59 Å². The molecule has 3 rings (SSSR count). The summed E-state index contributed by atoms with van der Waals surface area (Å²) in [7, 11) is 0. The van der Waals surface area contributed by atoms with E-state index >= 15 is 0 Å². The van der Waals surface area contributed by atoms with Crippen LogP contribution in [0.2, 0.25) is 0 Å². The van der Waals surface area contributed by atoms with E-state index in [0.717, 1.165) is 12.1 Å². The van der Waals surface area contributed by atoms with Crippen LogP contribution in [0.15, 0.2) is 18.2 Å². The van der Waals surface area contributed by atoms with Gasteiger partial charge in [0.2, 0.25) is 5.91 Å². The van der Waals surface area contributed by atoms with Gasteiger partial charge in [0.05, 0.1) is 26.2 Å². The normalized spacial score (nSPS) is 20.7. The smallest absolute Gasteiger partial charge is 0.416 e. The molecule has 140 valence electrons. The van der Waals surface area contributed by atoms with Gasteiger partial charge in [-0.2, -0.15) is 13.2 Å². The number of likely N-dealkylation sites (tertiary alicyclic amines) is 1. The van der Waals surface area contributed by atoms with Crippen molar-refractivity contribution in [3.05, 3.63) is 28.8 Å². The standard InChI is InChI=1S/C17H17F3N2O3S/c1-16(15(24)25)6-7-22(9-16)14(23)5-4-13-21-11-8-10(17(18,19)20)2-3-12(11)26-13/h2-3,8H,4-7,9H2,1H3,(H,24,25)/t16-/m0/s1. The molecule has 2 heterocycles. The number of carboxylic acids is 1. The summed E-state index contributed by atoms with van der Waals surface area (Å²) in [6, 6.07) is 3.42. The van der Waals surface area contributed by atoms with Gasteiger partial charge in [0.15, 0.2) is 0 Å². The molecule has 0 saturated carbocycles. The van der Waals surface area contributed by atoms with E-state index in [9.17, 15) is 27.9 Å². The lowest BCUT2D eigenvalue weighted by atomic mass is 9.90. The van der Waals surface area contributed by atoms with E-state index in [4.69, 9.17) is 0 Å². The lowest BCUT2D eigenvalue weighted by molar-refractivity contribution is -0.147. The predicted molar refractivity (Wildman–Crippen MR) is 89.9 cm³/mol. The lowest BCUT2D eigenvalue weighted by Gasteiger charge is -2.20. The summed E-state index contributed by atoms with van der Waals surface area (Å²) in [6.07, 6.45) is -3.53. The van der Waals surface area contributed by atoms with Crippen molar-refractivity contribution in [2.75, 3.05) is 13.1 Å². The van der Waals surface area contributed by atoms with Crippen LogP contribution < -0.4 is 0 Å². The molecule has 1 aliphatic rings. The molecule has 0 bridgehead atoms. The van der Waals surface area contributed by atoms with Gasteiger partial charge in [-0.25, -0.2) is 4.98 Å². The van der Waals surface area contributed by atoms with Gasteiger partial charge in [0.25, 0.3) is 0 Å². The molecule has 1 saturated heterocycles. The first-order valence-corrected chi connectivity index (χ1v) is 8.88. The second kappa shape index (κ2) is 6.53. The molecular formula is C17H17F3N2O3S. The maximum Gasteiger partial charge on any atom is 0.416 e. The maximum absolute atomic E-state index is 12.8. The molecule has 1 aromatic carbocycles. The highest BCUT2D eigenvalue weighted by atomic mass is 32.1. The zero-order valence-corrected chi connectivity index (χ0v) is 14.8. The Morgan fingerprint density at radius 2 is 2.12 bits per heavy atom. The van der Waals surface area contributed by atoms with Crippen LogP contribution in [0.5, 0.6) is 0 Å². The number of carbonyl (C=O) groups excluding carboxylic acids is 1.